The van der Waals surface area contributed by atoms with Crippen LogP contribution in [-0.4, -0.2) is 64.9 Å². The van der Waals surface area contributed by atoms with Gasteiger partial charge in [-0.3, -0.25) is 9.59 Å². The van der Waals surface area contributed by atoms with E-state index in [9.17, 15) is 9.59 Å². The molecule has 37 heavy (non-hydrogen) atoms. The smallest absolute Gasteiger partial charge is 0.253 e. The van der Waals surface area contributed by atoms with Gasteiger partial charge in [0.05, 0.1) is 18.4 Å². The van der Waals surface area contributed by atoms with E-state index in [1.165, 1.54) is 0 Å². The van der Waals surface area contributed by atoms with Gasteiger partial charge < -0.3 is 29.9 Å². The Morgan fingerprint density at radius 1 is 0.919 bits per heavy atom. The lowest BCUT2D eigenvalue weighted by molar-refractivity contribution is -0.116. The van der Waals surface area contributed by atoms with Crippen LogP contribution in [0.15, 0.2) is 42.5 Å². The number of carbonyl (C=O) groups excluding carboxylic acids is 2. The highest BCUT2D eigenvalue weighted by atomic mass is 16.5. The molecule has 0 radical (unpaired) electrons. The van der Waals surface area contributed by atoms with Crippen LogP contribution in [0.3, 0.4) is 0 Å². The van der Waals surface area contributed by atoms with E-state index in [0.717, 1.165) is 69.0 Å². The van der Waals surface area contributed by atoms with Crippen molar-refractivity contribution in [3.8, 4) is 5.75 Å². The van der Waals surface area contributed by atoms with Gasteiger partial charge in [-0.15, -0.1) is 0 Å². The third-order valence-corrected chi connectivity index (χ3v) is 6.53. The zero-order chi connectivity index (χ0) is 26.5. The van der Waals surface area contributed by atoms with E-state index in [2.05, 4.69) is 33.4 Å². The molecule has 2 amide bonds. The standard InChI is InChI=1S/C29H42N4O4/c1-4-6-7-13-28(34)31-23-14-15-25(24(22-23)29(35)30-16-10-21-37-5-2)32-17-19-33(20-18-32)26-11-8-9-12-27(26)36-3/h8-9,11-12,14-15,22H,4-7,10,13,16-21H2,1-3H3,(H,30,35)(H,31,34). The SMILES string of the molecule is CCCCCC(=O)Nc1ccc(N2CCN(c3ccccc3OC)CC2)c(C(=O)NCCCOCC)c1. The molecule has 1 aliphatic rings. The molecular weight excluding hydrogens is 468 g/mol. The monoisotopic (exact) mass is 510 g/mol. The molecule has 2 aromatic carbocycles. The summed E-state index contributed by atoms with van der Waals surface area (Å²) in [5.74, 6) is 0.706. The van der Waals surface area contributed by atoms with Crippen LogP contribution in [0, 0.1) is 0 Å². The largest absolute Gasteiger partial charge is 0.495 e. The van der Waals surface area contributed by atoms with Gasteiger partial charge in [0.15, 0.2) is 0 Å². The highest BCUT2D eigenvalue weighted by Gasteiger charge is 2.23. The first-order chi connectivity index (χ1) is 18.1. The van der Waals surface area contributed by atoms with Crippen LogP contribution in [0.4, 0.5) is 17.1 Å². The van der Waals surface area contributed by atoms with Gasteiger partial charge in [-0.05, 0) is 50.1 Å². The Kier molecular flexibility index (Phi) is 11.6. The summed E-state index contributed by atoms with van der Waals surface area (Å²) in [4.78, 5) is 30.2. The Bertz CT molecular complexity index is 1010. The van der Waals surface area contributed by atoms with Crippen LogP contribution < -0.4 is 25.2 Å². The van der Waals surface area contributed by atoms with Gasteiger partial charge in [0.2, 0.25) is 5.91 Å². The van der Waals surface area contributed by atoms with Crippen molar-refractivity contribution in [1.29, 1.82) is 0 Å². The van der Waals surface area contributed by atoms with E-state index in [1.807, 2.05) is 37.3 Å². The second kappa shape index (κ2) is 15.1. The second-order valence-corrected chi connectivity index (χ2v) is 9.19. The number of nitrogens with zero attached hydrogens (tertiary/aromatic N) is 2. The topological polar surface area (TPSA) is 83.1 Å². The number of anilines is 3. The van der Waals surface area contributed by atoms with Gasteiger partial charge in [0.25, 0.3) is 5.91 Å². The molecule has 0 aliphatic carbocycles. The predicted octanol–water partition coefficient (Wildman–Crippen LogP) is 4.70. The molecule has 1 saturated heterocycles. The number of hydrogen-bond donors (Lipinski definition) is 2. The number of unbranched alkanes of at least 4 members (excludes halogenated alkanes) is 2. The van der Waals surface area contributed by atoms with Gasteiger partial charge >= 0.3 is 0 Å². The van der Waals surface area contributed by atoms with Crippen LogP contribution in [0.5, 0.6) is 5.75 Å². The van der Waals surface area contributed by atoms with E-state index in [1.54, 1.807) is 13.2 Å². The molecule has 0 unspecified atom stereocenters. The first-order valence-electron chi connectivity index (χ1n) is 13.5. The summed E-state index contributed by atoms with van der Waals surface area (Å²) in [5, 5.41) is 6.00. The molecule has 1 fully saturated rings. The molecule has 1 heterocycles. The minimum atomic E-state index is -0.138. The summed E-state index contributed by atoms with van der Waals surface area (Å²) in [6.07, 6.45) is 4.20. The van der Waals surface area contributed by atoms with E-state index < -0.39 is 0 Å². The Balaban J connectivity index is 1.72. The fraction of sp³-hybridized carbons (Fsp3) is 0.517. The van der Waals surface area contributed by atoms with Crippen molar-refractivity contribution in [2.45, 2.75) is 46.0 Å². The van der Waals surface area contributed by atoms with Crippen LogP contribution >= 0.6 is 0 Å². The molecule has 0 saturated carbocycles. The molecular formula is C29H42N4O4. The Morgan fingerprint density at radius 2 is 1.65 bits per heavy atom. The van der Waals surface area contributed by atoms with Gasteiger partial charge in [-0.25, -0.2) is 0 Å². The van der Waals surface area contributed by atoms with Gasteiger partial charge in [0.1, 0.15) is 5.75 Å². The number of piperazine rings is 1. The van der Waals surface area contributed by atoms with Crippen LogP contribution in [0.1, 0.15) is 56.3 Å². The van der Waals surface area contributed by atoms with Crippen molar-refractivity contribution < 1.29 is 19.1 Å². The average Bonchev–Trinajstić information content (AvgIpc) is 2.93. The molecule has 8 nitrogen and oxygen atoms in total. The van der Waals surface area contributed by atoms with Crippen LogP contribution in [0.2, 0.25) is 0 Å². The lowest BCUT2D eigenvalue weighted by Crippen LogP contribution is -2.47. The number of methoxy groups -OCH3 is 1. The molecule has 0 atom stereocenters. The van der Waals surface area contributed by atoms with E-state index in [0.29, 0.717) is 37.4 Å². The number of benzene rings is 2. The summed E-state index contributed by atoms with van der Waals surface area (Å²) in [6, 6.07) is 13.7. The number of amides is 2. The molecule has 2 aromatic rings. The van der Waals surface area contributed by atoms with Crippen molar-refractivity contribution in [1.82, 2.24) is 5.32 Å². The van der Waals surface area contributed by atoms with Gasteiger partial charge in [0, 0.05) is 63.7 Å². The summed E-state index contributed by atoms with van der Waals surface area (Å²) in [6.45, 7) is 9.05. The highest BCUT2D eigenvalue weighted by molar-refractivity contribution is 6.02. The van der Waals surface area contributed by atoms with E-state index in [-0.39, 0.29) is 11.8 Å². The number of carbonyl (C=O) groups is 2. The zero-order valence-corrected chi connectivity index (χ0v) is 22.6. The highest BCUT2D eigenvalue weighted by Crippen LogP contribution is 2.31. The van der Waals surface area contributed by atoms with Crippen LogP contribution in [0.25, 0.3) is 0 Å². The zero-order valence-electron chi connectivity index (χ0n) is 22.6. The maximum absolute atomic E-state index is 13.2. The normalized spacial score (nSPS) is 13.4. The van der Waals surface area contributed by atoms with E-state index >= 15 is 0 Å². The summed E-state index contributed by atoms with van der Waals surface area (Å²) >= 11 is 0. The maximum atomic E-state index is 13.2. The van der Waals surface area contributed by atoms with Crippen molar-refractivity contribution in [3.05, 3.63) is 48.0 Å². The first-order valence-corrected chi connectivity index (χ1v) is 13.5. The van der Waals surface area contributed by atoms with Crippen LogP contribution in [-0.2, 0) is 9.53 Å². The maximum Gasteiger partial charge on any atom is 0.253 e. The molecule has 202 valence electrons. The second-order valence-electron chi connectivity index (χ2n) is 9.19. The average molecular weight is 511 g/mol. The number of nitrogens with one attached hydrogen (secondary N) is 2. The van der Waals surface area contributed by atoms with Crippen molar-refractivity contribution in [2.75, 3.05) is 68.2 Å². The number of ether oxygens (including phenoxy) is 2. The first kappa shape index (κ1) is 28.3. The number of rotatable bonds is 14. The fourth-order valence-corrected chi connectivity index (χ4v) is 4.53. The lowest BCUT2D eigenvalue weighted by Gasteiger charge is -2.38. The summed E-state index contributed by atoms with van der Waals surface area (Å²) in [7, 11) is 1.69. The minimum Gasteiger partial charge on any atom is -0.495 e. The quantitative estimate of drug-likeness (QED) is 0.359. The van der Waals surface area contributed by atoms with Gasteiger partial charge in [-0.2, -0.15) is 0 Å². The lowest BCUT2D eigenvalue weighted by atomic mass is 10.1. The Hall–Kier alpha value is -3.26. The third-order valence-electron chi connectivity index (χ3n) is 6.53. The molecule has 0 spiro atoms. The Labute approximate surface area is 221 Å². The van der Waals surface area contributed by atoms with Crippen molar-refractivity contribution in [2.24, 2.45) is 0 Å². The third kappa shape index (κ3) is 8.39. The van der Waals surface area contributed by atoms with Crippen molar-refractivity contribution in [3.63, 3.8) is 0 Å². The summed E-state index contributed by atoms with van der Waals surface area (Å²) in [5.41, 5.74) is 3.19. The molecule has 0 aromatic heterocycles. The molecule has 8 heteroatoms. The summed E-state index contributed by atoms with van der Waals surface area (Å²) < 4.78 is 10.9. The van der Waals surface area contributed by atoms with E-state index in [4.69, 9.17) is 9.47 Å². The number of hydrogen-bond acceptors (Lipinski definition) is 6. The number of para-hydroxylation sites is 2. The molecule has 0 bridgehead atoms. The Morgan fingerprint density at radius 3 is 2.35 bits per heavy atom. The molecule has 3 rings (SSSR count). The fourth-order valence-electron chi connectivity index (χ4n) is 4.53. The van der Waals surface area contributed by atoms with Gasteiger partial charge in [-0.1, -0.05) is 31.9 Å². The molecule has 2 N–H and O–H groups in total. The minimum absolute atomic E-state index is 0.0188. The van der Waals surface area contributed by atoms with Crippen molar-refractivity contribution >= 4 is 28.9 Å². The molecule has 1 aliphatic heterocycles. The predicted molar refractivity (Wildman–Crippen MR) is 150 cm³/mol.